The molecule has 1 aromatic heterocycles. The van der Waals surface area contributed by atoms with Crippen LogP contribution < -0.4 is 0 Å². The quantitative estimate of drug-likeness (QED) is 0.601. The molecule has 0 aromatic carbocycles. The van der Waals surface area contributed by atoms with E-state index in [1.807, 2.05) is 11.8 Å². The van der Waals surface area contributed by atoms with Crippen molar-refractivity contribution >= 4 is 35.9 Å². The maximum atomic E-state index is 4.44. The molecule has 1 atom stereocenters. The van der Waals surface area contributed by atoms with E-state index in [2.05, 4.69) is 35.8 Å². The second-order valence-corrected chi connectivity index (χ2v) is 5.86. The molecule has 0 aliphatic rings. The molecule has 1 unspecified atom stereocenters. The molecule has 5 heteroatoms. The molecule has 1 heterocycles. The number of nitrogens with zero attached hydrogens (tertiary/aromatic N) is 2. The Morgan fingerprint density at radius 2 is 2.27 bits per heavy atom. The zero-order valence-corrected chi connectivity index (χ0v) is 11.8. The fraction of sp³-hybridized carbons (Fsp3) is 0.800. The van der Waals surface area contributed by atoms with Crippen LogP contribution in [0.25, 0.3) is 0 Å². The molecule has 86 valence electrons. The van der Waals surface area contributed by atoms with Crippen LogP contribution in [-0.2, 0) is 6.42 Å². The van der Waals surface area contributed by atoms with Gasteiger partial charge in [-0.25, -0.2) is 4.98 Å². The summed E-state index contributed by atoms with van der Waals surface area (Å²) >= 11 is 7.72. The van der Waals surface area contributed by atoms with Crippen LogP contribution in [0, 0.1) is 5.92 Å². The van der Waals surface area contributed by atoms with E-state index >= 15 is 0 Å². The van der Waals surface area contributed by atoms with Gasteiger partial charge in [-0.3, -0.25) is 0 Å². The first kappa shape index (κ1) is 13.3. The van der Waals surface area contributed by atoms with E-state index < -0.39 is 0 Å². The maximum Gasteiger partial charge on any atom is 0.170 e. The summed E-state index contributed by atoms with van der Waals surface area (Å²) in [5.41, 5.74) is 0. The molecule has 0 aliphatic carbocycles. The Hall–Kier alpha value is 0.260. The molecule has 0 aliphatic heterocycles. The third-order valence-corrected chi connectivity index (χ3v) is 4.78. The highest BCUT2D eigenvalue weighted by molar-refractivity contribution is 8.00. The van der Waals surface area contributed by atoms with Crippen LogP contribution >= 0.6 is 35.9 Å². The third kappa shape index (κ3) is 4.74. The average Bonchev–Trinajstić information content (AvgIpc) is 2.72. The van der Waals surface area contributed by atoms with E-state index in [0.29, 0.717) is 5.92 Å². The normalized spacial score (nSPS) is 13.0. The van der Waals surface area contributed by atoms with Crippen LogP contribution in [0.4, 0.5) is 0 Å². The number of aromatic nitrogens is 2. The van der Waals surface area contributed by atoms with Gasteiger partial charge in [-0.1, -0.05) is 32.0 Å². The highest BCUT2D eigenvalue weighted by Gasteiger charge is 2.09. The second-order valence-electron chi connectivity index (χ2n) is 3.48. The predicted molar refractivity (Wildman–Crippen MR) is 72.3 cm³/mol. The summed E-state index contributed by atoms with van der Waals surface area (Å²) in [4.78, 5) is 4.44. The molecule has 0 N–H and O–H groups in total. The third-order valence-electron chi connectivity index (χ3n) is 2.16. The zero-order valence-electron chi connectivity index (χ0n) is 9.27. The SMILES string of the molecule is CCCC(CS)CSc1nc(CC)ns1. The number of thioether (sulfide) groups is 1. The van der Waals surface area contributed by atoms with Gasteiger partial charge in [0.05, 0.1) is 0 Å². The monoisotopic (exact) mass is 262 g/mol. The number of aryl methyl sites for hydroxylation is 1. The average molecular weight is 262 g/mol. The largest absolute Gasteiger partial charge is 0.213 e. The fourth-order valence-electron chi connectivity index (χ4n) is 1.26. The first-order valence-corrected chi connectivity index (χ1v) is 7.75. The summed E-state index contributed by atoms with van der Waals surface area (Å²) in [5.74, 6) is 3.77. The minimum absolute atomic E-state index is 0.706. The summed E-state index contributed by atoms with van der Waals surface area (Å²) in [5, 5.41) is 0. The van der Waals surface area contributed by atoms with Gasteiger partial charge in [0.15, 0.2) is 4.34 Å². The van der Waals surface area contributed by atoms with Gasteiger partial charge in [-0.05, 0) is 29.6 Å². The molecule has 1 aromatic rings. The van der Waals surface area contributed by atoms with Crippen LogP contribution in [0.15, 0.2) is 4.34 Å². The molecule has 0 bridgehead atoms. The maximum absolute atomic E-state index is 4.44. The van der Waals surface area contributed by atoms with Gasteiger partial charge in [-0.15, -0.1) is 0 Å². The summed E-state index contributed by atoms with van der Waals surface area (Å²) < 4.78 is 5.38. The lowest BCUT2D eigenvalue weighted by Gasteiger charge is -2.10. The molecule has 15 heavy (non-hydrogen) atoms. The van der Waals surface area contributed by atoms with Crippen molar-refractivity contribution in [2.24, 2.45) is 5.92 Å². The lowest BCUT2D eigenvalue weighted by molar-refractivity contribution is 0.595. The van der Waals surface area contributed by atoms with Crippen molar-refractivity contribution < 1.29 is 0 Å². The number of rotatable bonds is 7. The van der Waals surface area contributed by atoms with Gasteiger partial charge in [0.25, 0.3) is 0 Å². The molecule has 1 rings (SSSR count). The van der Waals surface area contributed by atoms with E-state index in [-0.39, 0.29) is 0 Å². The summed E-state index contributed by atoms with van der Waals surface area (Å²) in [6.45, 7) is 4.31. The van der Waals surface area contributed by atoms with Crippen LogP contribution in [0.1, 0.15) is 32.5 Å². The highest BCUT2D eigenvalue weighted by Crippen LogP contribution is 2.24. The fourth-order valence-corrected chi connectivity index (χ4v) is 3.61. The number of hydrogen-bond donors (Lipinski definition) is 1. The topological polar surface area (TPSA) is 25.8 Å². The van der Waals surface area contributed by atoms with Gasteiger partial charge >= 0.3 is 0 Å². The van der Waals surface area contributed by atoms with Crippen LogP contribution in [0.2, 0.25) is 0 Å². The van der Waals surface area contributed by atoms with Crippen LogP contribution in [0.5, 0.6) is 0 Å². The first-order valence-electron chi connectivity index (χ1n) is 5.36. The van der Waals surface area contributed by atoms with Crippen molar-refractivity contribution in [1.29, 1.82) is 0 Å². The molecule has 0 saturated carbocycles. The molecular formula is C10H18N2S3. The van der Waals surface area contributed by atoms with Crippen molar-refractivity contribution in [1.82, 2.24) is 9.36 Å². The van der Waals surface area contributed by atoms with Gasteiger partial charge in [-0.2, -0.15) is 17.0 Å². The van der Waals surface area contributed by atoms with Crippen molar-refractivity contribution in [3.8, 4) is 0 Å². The Bertz CT molecular complexity index is 275. The molecular weight excluding hydrogens is 244 g/mol. The Morgan fingerprint density at radius 1 is 1.47 bits per heavy atom. The van der Waals surface area contributed by atoms with E-state index in [0.717, 1.165) is 28.1 Å². The molecule has 0 spiro atoms. The summed E-state index contributed by atoms with van der Waals surface area (Å²) in [7, 11) is 0. The zero-order chi connectivity index (χ0) is 11.1. The Kier molecular flexibility index (Phi) is 6.68. The summed E-state index contributed by atoms with van der Waals surface area (Å²) in [6, 6.07) is 0. The Labute approximate surface area is 106 Å². The van der Waals surface area contributed by atoms with Crippen molar-refractivity contribution in [3.05, 3.63) is 5.82 Å². The highest BCUT2D eigenvalue weighted by atomic mass is 32.2. The molecule has 2 nitrogen and oxygen atoms in total. The lowest BCUT2D eigenvalue weighted by Crippen LogP contribution is -2.04. The smallest absolute Gasteiger partial charge is 0.170 e. The van der Waals surface area contributed by atoms with Crippen molar-refractivity contribution in [3.63, 3.8) is 0 Å². The Morgan fingerprint density at radius 3 is 2.80 bits per heavy atom. The molecule has 0 amide bonds. The number of hydrogen-bond acceptors (Lipinski definition) is 5. The van der Waals surface area contributed by atoms with Crippen molar-refractivity contribution in [2.75, 3.05) is 11.5 Å². The standard InChI is InChI=1S/C10H18N2S3/c1-3-5-8(6-13)7-14-10-11-9(4-2)12-15-10/h8,13H,3-7H2,1-2H3. The van der Waals surface area contributed by atoms with Gasteiger partial charge in [0, 0.05) is 12.2 Å². The van der Waals surface area contributed by atoms with Crippen LogP contribution in [0.3, 0.4) is 0 Å². The van der Waals surface area contributed by atoms with Gasteiger partial charge in [0.1, 0.15) is 5.82 Å². The minimum atomic E-state index is 0.706. The molecule has 0 saturated heterocycles. The first-order chi connectivity index (χ1) is 7.30. The summed E-state index contributed by atoms with van der Waals surface area (Å²) in [6.07, 6.45) is 3.43. The van der Waals surface area contributed by atoms with Gasteiger partial charge in [0.2, 0.25) is 0 Å². The Balaban J connectivity index is 2.34. The van der Waals surface area contributed by atoms with Crippen molar-refractivity contribution in [2.45, 2.75) is 37.4 Å². The second kappa shape index (κ2) is 7.52. The minimum Gasteiger partial charge on any atom is -0.213 e. The molecule has 0 radical (unpaired) electrons. The number of thiol groups is 1. The van der Waals surface area contributed by atoms with E-state index in [1.54, 1.807) is 0 Å². The van der Waals surface area contributed by atoms with Gasteiger partial charge < -0.3 is 0 Å². The predicted octanol–water partition coefficient (Wildman–Crippen LogP) is 3.54. The van der Waals surface area contributed by atoms with E-state index in [4.69, 9.17) is 0 Å². The lowest BCUT2D eigenvalue weighted by atomic mass is 10.1. The van der Waals surface area contributed by atoms with Crippen LogP contribution in [-0.4, -0.2) is 20.9 Å². The molecule has 0 fully saturated rings. The van der Waals surface area contributed by atoms with E-state index in [1.165, 1.54) is 24.4 Å². The van der Waals surface area contributed by atoms with E-state index in [9.17, 15) is 0 Å².